The second-order valence-electron chi connectivity index (χ2n) is 10.4. The van der Waals surface area contributed by atoms with Gasteiger partial charge in [-0.15, -0.1) is 6.10 Å². The Morgan fingerprint density at radius 3 is 1.21 bits per heavy atom. The van der Waals surface area contributed by atoms with Crippen molar-refractivity contribution in [2.75, 3.05) is 13.1 Å². The fourth-order valence-corrected chi connectivity index (χ4v) is 4.77. The molecule has 39 heavy (non-hydrogen) atoms. The number of hydrogen-bond donors (Lipinski definition) is 0. The summed E-state index contributed by atoms with van der Waals surface area (Å²) in [4.78, 5) is 23.2. The van der Waals surface area contributed by atoms with E-state index in [1.807, 2.05) is 100 Å². The van der Waals surface area contributed by atoms with Crippen LogP contribution in [0, 0.1) is 27.7 Å². The number of aromatic nitrogens is 4. The molecule has 0 radical (unpaired) electrons. The van der Waals surface area contributed by atoms with Crippen molar-refractivity contribution in [3.8, 4) is 0 Å². The van der Waals surface area contributed by atoms with Crippen LogP contribution in [-0.2, 0) is 26.2 Å². The minimum absolute atomic E-state index is 0.421. The summed E-state index contributed by atoms with van der Waals surface area (Å²) in [7, 11) is 0. The Hall–Kier alpha value is -3.52. The van der Waals surface area contributed by atoms with Crippen LogP contribution in [0.3, 0.4) is 0 Å². The van der Waals surface area contributed by atoms with Crippen molar-refractivity contribution in [1.82, 2.24) is 29.7 Å². The Morgan fingerprint density at radius 2 is 0.872 bits per heavy atom. The number of hydrogen-bond acceptors (Lipinski definition) is 7. The summed E-state index contributed by atoms with van der Waals surface area (Å²) in [5.74, 6) is 0. The average molecular weight is 524 g/mol. The summed E-state index contributed by atoms with van der Waals surface area (Å²) in [6.07, 6.45) is -0.227. The number of rotatable bonds is 13. The van der Waals surface area contributed by atoms with Gasteiger partial charge < -0.3 is 5.11 Å². The SMILES string of the molecule is Cc1cccc(CN(CCC([O-])CN(Cc2cccc(C)n2)Cc2cccc(C)n2)Cc2cccc(C)n2)n1. The first kappa shape index (κ1) is 28.5. The van der Waals surface area contributed by atoms with E-state index < -0.39 is 6.10 Å². The summed E-state index contributed by atoms with van der Waals surface area (Å²) in [5.41, 5.74) is 7.88. The highest BCUT2D eigenvalue weighted by atomic mass is 16.3. The lowest BCUT2D eigenvalue weighted by atomic mass is 10.2. The molecule has 204 valence electrons. The molecule has 0 amide bonds. The number of pyridine rings is 4. The second-order valence-corrected chi connectivity index (χ2v) is 10.4. The van der Waals surface area contributed by atoms with Crippen LogP contribution in [0.4, 0.5) is 0 Å². The quantitative estimate of drug-likeness (QED) is 0.258. The van der Waals surface area contributed by atoms with Crippen LogP contribution in [0.5, 0.6) is 0 Å². The molecule has 0 aliphatic rings. The normalized spacial score (nSPS) is 12.3. The zero-order chi connectivity index (χ0) is 27.6. The molecule has 1 unspecified atom stereocenters. The Bertz CT molecular complexity index is 1250. The molecule has 4 aromatic heterocycles. The zero-order valence-corrected chi connectivity index (χ0v) is 23.5. The van der Waals surface area contributed by atoms with E-state index in [1.165, 1.54) is 0 Å². The van der Waals surface area contributed by atoms with Gasteiger partial charge in [0, 0.05) is 49.0 Å². The minimum atomic E-state index is -0.752. The van der Waals surface area contributed by atoms with Gasteiger partial charge in [-0.1, -0.05) is 30.7 Å². The van der Waals surface area contributed by atoms with Crippen LogP contribution in [0.25, 0.3) is 0 Å². The van der Waals surface area contributed by atoms with Gasteiger partial charge in [-0.3, -0.25) is 29.7 Å². The Morgan fingerprint density at radius 1 is 0.538 bits per heavy atom. The third-order valence-electron chi connectivity index (χ3n) is 6.56. The Labute approximate surface area is 232 Å². The van der Waals surface area contributed by atoms with Crippen molar-refractivity contribution in [2.45, 2.75) is 66.4 Å². The third-order valence-corrected chi connectivity index (χ3v) is 6.56. The molecule has 0 aliphatic heterocycles. The molecule has 0 saturated carbocycles. The maximum absolute atomic E-state index is 13.4. The van der Waals surface area contributed by atoms with Crippen LogP contribution in [0.2, 0.25) is 0 Å². The van der Waals surface area contributed by atoms with E-state index in [1.54, 1.807) is 0 Å². The van der Waals surface area contributed by atoms with Crippen molar-refractivity contribution >= 4 is 0 Å². The molecule has 1 atom stereocenters. The maximum Gasteiger partial charge on any atom is 0.0547 e. The number of nitrogens with zero attached hydrogens (tertiary/aromatic N) is 6. The Balaban J connectivity index is 1.44. The van der Waals surface area contributed by atoms with E-state index in [2.05, 4.69) is 19.8 Å². The van der Waals surface area contributed by atoms with Gasteiger partial charge in [0.25, 0.3) is 0 Å². The summed E-state index contributed by atoms with van der Waals surface area (Å²) >= 11 is 0. The molecule has 0 bridgehead atoms. The minimum Gasteiger partial charge on any atom is -0.851 e. The molecular weight excluding hydrogens is 484 g/mol. The summed E-state index contributed by atoms with van der Waals surface area (Å²) in [6.45, 7) is 11.7. The van der Waals surface area contributed by atoms with Crippen molar-refractivity contribution in [1.29, 1.82) is 0 Å². The molecule has 0 fully saturated rings. The van der Waals surface area contributed by atoms with Gasteiger partial charge in [0.05, 0.1) is 22.8 Å². The standard InChI is InChI=1S/C32H39N6O/c1-24-9-5-13-28(33-24)19-37(20-29-14-6-10-25(2)34-29)18-17-32(39)23-38(21-30-15-7-11-26(3)35-30)22-31-16-8-12-27(4)36-31/h5-16,32H,17-23H2,1-4H3/q-1. The second kappa shape index (κ2) is 14.0. The van der Waals surface area contributed by atoms with Crippen LogP contribution in [0.1, 0.15) is 52.0 Å². The summed E-state index contributed by atoms with van der Waals surface area (Å²) < 4.78 is 0. The van der Waals surface area contributed by atoms with Gasteiger partial charge in [0.15, 0.2) is 0 Å². The van der Waals surface area contributed by atoms with E-state index >= 15 is 0 Å². The van der Waals surface area contributed by atoms with E-state index in [-0.39, 0.29) is 0 Å². The fourth-order valence-electron chi connectivity index (χ4n) is 4.77. The largest absolute Gasteiger partial charge is 0.851 e. The van der Waals surface area contributed by atoms with E-state index in [4.69, 9.17) is 9.97 Å². The van der Waals surface area contributed by atoms with Gasteiger partial charge in [0.1, 0.15) is 0 Å². The number of aryl methyl sites for hydroxylation is 4. The zero-order valence-electron chi connectivity index (χ0n) is 23.5. The molecule has 0 N–H and O–H groups in total. The molecular formula is C32H39N6O-. The summed E-state index contributed by atoms with van der Waals surface area (Å²) in [6, 6.07) is 24.2. The first-order valence-corrected chi connectivity index (χ1v) is 13.6. The average Bonchev–Trinajstić information content (AvgIpc) is 2.87. The molecule has 4 heterocycles. The first-order chi connectivity index (χ1) is 18.8. The van der Waals surface area contributed by atoms with Gasteiger partial charge in [-0.25, -0.2) is 0 Å². The predicted molar refractivity (Wildman–Crippen MR) is 153 cm³/mol. The Kier molecular flexibility index (Phi) is 10.3. The van der Waals surface area contributed by atoms with Crippen molar-refractivity contribution < 1.29 is 5.11 Å². The van der Waals surface area contributed by atoms with Gasteiger partial charge >= 0.3 is 0 Å². The molecule has 0 aromatic carbocycles. The molecule has 7 heteroatoms. The monoisotopic (exact) mass is 523 g/mol. The maximum atomic E-state index is 13.4. The van der Waals surface area contributed by atoms with Crippen molar-refractivity contribution in [3.63, 3.8) is 0 Å². The van der Waals surface area contributed by atoms with Crippen LogP contribution in [-0.4, -0.2) is 48.9 Å². The van der Waals surface area contributed by atoms with Crippen LogP contribution < -0.4 is 5.11 Å². The summed E-state index contributed by atoms with van der Waals surface area (Å²) in [5, 5.41) is 13.4. The van der Waals surface area contributed by atoms with Gasteiger partial charge in [0.2, 0.25) is 0 Å². The van der Waals surface area contributed by atoms with E-state index in [9.17, 15) is 5.11 Å². The van der Waals surface area contributed by atoms with Gasteiger partial charge in [-0.2, -0.15) is 0 Å². The first-order valence-electron chi connectivity index (χ1n) is 13.6. The van der Waals surface area contributed by atoms with Gasteiger partial charge in [-0.05, 0) is 89.3 Å². The van der Waals surface area contributed by atoms with E-state index in [0.717, 1.165) is 45.6 Å². The third kappa shape index (κ3) is 9.62. The highest BCUT2D eigenvalue weighted by Gasteiger charge is 2.14. The van der Waals surface area contributed by atoms with E-state index in [0.29, 0.717) is 45.7 Å². The molecule has 0 aliphatic carbocycles. The highest BCUT2D eigenvalue weighted by Crippen LogP contribution is 2.13. The predicted octanol–water partition coefficient (Wildman–Crippen LogP) is 4.32. The molecule has 4 rings (SSSR count). The molecule has 7 nitrogen and oxygen atoms in total. The van der Waals surface area contributed by atoms with Crippen molar-refractivity contribution in [2.24, 2.45) is 0 Å². The highest BCUT2D eigenvalue weighted by molar-refractivity contribution is 5.13. The lowest BCUT2D eigenvalue weighted by molar-refractivity contribution is -0.423. The molecule has 0 saturated heterocycles. The van der Waals surface area contributed by atoms with Crippen LogP contribution >= 0.6 is 0 Å². The van der Waals surface area contributed by atoms with Crippen LogP contribution in [0.15, 0.2) is 72.8 Å². The smallest absolute Gasteiger partial charge is 0.0547 e. The fraction of sp³-hybridized carbons (Fsp3) is 0.375. The van der Waals surface area contributed by atoms with Crippen molar-refractivity contribution in [3.05, 3.63) is 118 Å². The molecule has 0 spiro atoms. The lowest BCUT2D eigenvalue weighted by Gasteiger charge is -2.33. The lowest BCUT2D eigenvalue weighted by Crippen LogP contribution is -2.42. The molecule has 4 aromatic rings. The topological polar surface area (TPSA) is 81.1 Å².